The van der Waals surface area contributed by atoms with E-state index in [9.17, 15) is 0 Å². The van der Waals surface area contributed by atoms with Gasteiger partial charge in [-0.2, -0.15) is 0 Å². The highest BCUT2D eigenvalue weighted by Crippen LogP contribution is 2.67. The van der Waals surface area contributed by atoms with E-state index in [1.165, 1.54) is 70.6 Å². The molecule has 0 saturated heterocycles. The molecule has 28 heavy (non-hydrogen) atoms. The van der Waals surface area contributed by atoms with Crippen molar-refractivity contribution in [3.8, 4) is 0 Å². The Kier molecular flexibility index (Phi) is 6.03. The lowest BCUT2D eigenvalue weighted by Gasteiger charge is -2.58. The second-order valence-corrected chi connectivity index (χ2v) is 12.7. The molecule has 0 nitrogen and oxygen atoms in total. The largest absolute Gasteiger partial charge is 0.123 e. The molecule has 0 aromatic carbocycles. The first-order chi connectivity index (χ1) is 13.3. The Bertz CT molecular complexity index is 591. The Morgan fingerprint density at radius 1 is 1.00 bits per heavy atom. The van der Waals surface area contributed by atoms with Crippen LogP contribution < -0.4 is 0 Å². The lowest BCUT2D eigenvalue weighted by atomic mass is 9.47. The quantitative estimate of drug-likeness (QED) is 0.317. The molecular weight excluding hydrogens is 360 g/mol. The Labute approximate surface area is 180 Å². The van der Waals surface area contributed by atoms with E-state index >= 15 is 0 Å². The summed E-state index contributed by atoms with van der Waals surface area (Å²) in [5.41, 5.74) is 2.82. The molecule has 0 bridgehead atoms. The van der Waals surface area contributed by atoms with E-state index in [0.29, 0.717) is 16.2 Å². The molecule has 0 spiro atoms. The van der Waals surface area contributed by atoms with E-state index in [4.69, 9.17) is 11.6 Å². The fraction of sp³-hybridized carbons (Fsp3) is 0.926. The second-order valence-electron chi connectivity index (χ2n) is 12.1. The zero-order valence-electron chi connectivity index (χ0n) is 19.3. The van der Waals surface area contributed by atoms with E-state index in [2.05, 4.69) is 40.7 Å². The average Bonchev–Trinajstić information content (AvgIpc) is 2.99. The van der Waals surface area contributed by atoms with Gasteiger partial charge in [0.1, 0.15) is 0 Å². The van der Waals surface area contributed by atoms with Gasteiger partial charge < -0.3 is 0 Å². The third kappa shape index (κ3) is 3.52. The molecule has 4 aliphatic rings. The topological polar surface area (TPSA) is 0 Å². The van der Waals surface area contributed by atoms with Crippen LogP contribution in [0.2, 0.25) is 0 Å². The molecule has 0 amide bonds. The molecular formula is C27H45Cl. The van der Waals surface area contributed by atoms with E-state index < -0.39 is 0 Å². The molecule has 8 atom stereocenters. The van der Waals surface area contributed by atoms with Gasteiger partial charge in [0.25, 0.3) is 0 Å². The number of allylic oxidation sites excluding steroid dienone is 2. The summed E-state index contributed by atoms with van der Waals surface area (Å²) >= 11 is 6.56. The summed E-state index contributed by atoms with van der Waals surface area (Å²) < 4.78 is 0. The lowest BCUT2D eigenvalue weighted by Crippen LogP contribution is -2.50. The SMILES string of the molecule is CC(C)CCC[C@@H](C)[C@H]1CC[C@@H]2[C@@H]3CC=C4C[C@@H](Cl)CC[C@]4(C)[C@H]3CC[C@@]21C. The molecule has 0 aliphatic heterocycles. The summed E-state index contributed by atoms with van der Waals surface area (Å²) in [5.74, 6) is 5.62. The number of hydrogen-bond donors (Lipinski definition) is 0. The molecule has 3 fully saturated rings. The van der Waals surface area contributed by atoms with Gasteiger partial charge in [-0.25, -0.2) is 0 Å². The van der Waals surface area contributed by atoms with Gasteiger partial charge in [0.2, 0.25) is 0 Å². The highest BCUT2D eigenvalue weighted by atomic mass is 35.5. The molecule has 0 heterocycles. The maximum Gasteiger partial charge on any atom is 0.0373 e. The van der Waals surface area contributed by atoms with Crippen LogP contribution in [0.4, 0.5) is 0 Å². The summed E-state index contributed by atoms with van der Waals surface area (Å²) in [5, 5.41) is 0.396. The Hall–Kier alpha value is 0.0300. The molecule has 0 aromatic rings. The Morgan fingerprint density at radius 2 is 1.79 bits per heavy atom. The number of fused-ring (bicyclic) bond motifs is 5. The van der Waals surface area contributed by atoms with Gasteiger partial charge in [-0.3, -0.25) is 0 Å². The van der Waals surface area contributed by atoms with Gasteiger partial charge in [-0.15, -0.1) is 11.6 Å². The highest BCUT2D eigenvalue weighted by Gasteiger charge is 2.58. The van der Waals surface area contributed by atoms with Crippen molar-refractivity contribution in [2.24, 2.45) is 46.3 Å². The normalized spacial score (nSPS) is 46.5. The van der Waals surface area contributed by atoms with Crippen molar-refractivity contribution in [3.05, 3.63) is 11.6 Å². The van der Waals surface area contributed by atoms with Crippen molar-refractivity contribution < 1.29 is 0 Å². The van der Waals surface area contributed by atoms with Crippen LogP contribution in [0, 0.1) is 46.3 Å². The van der Waals surface area contributed by atoms with Gasteiger partial charge in [0, 0.05) is 5.38 Å². The van der Waals surface area contributed by atoms with Crippen molar-refractivity contribution in [1.82, 2.24) is 0 Å². The molecule has 4 aliphatic carbocycles. The third-order valence-electron chi connectivity index (χ3n) is 10.2. The number of hydrogen-bond acceptors (Lipinski definition) is 0. The first-order valence-corrected chi connectivity index (χ1v) is 13.0. The van der Waals surface area contributed by atoms with Gasteiger partial charge in [0.05, 0.1) is 0 Å². The fourth-order valence-electron chi connectivity index (χ4n) is 8.64. The zero-order valence-corrected chi connectivity index (χ0v) is 20.0. The second kappa shape index (κ2) is 7.94. The van der Waals surface area contributed by atoms with Crippen molar-refractivity contribution in [2.45, 2.75) is 111 Å². The minimum atomic E-state index is 0.396. The van der Waals surface area contributed by atoms with Gasteiger partial charge in [-0.05, 0) is 97.7 Å². The monoisotopic (exact) mass is 404 g/mol. The van der Waals surface area contributed by atoms with Crippen LogP contribution in [0.15, 0.2) is 11.6 Å². The summed E-state index contributed by atoms with van der Waals surface area (Å²) in [6.45, 7) is 12.7. The van der Waals surface area contributed by atoms with Gasteiger partial charge in [0.15, 0.2) is 0 Å². The summed E-state index contributed by atoms with van der Waals surface area (Å²) in [6.07, 6.45) is 18.0. The lowest BCUT2D eigenvalue weighted by molar-refractivity contribution is -0.0498. The molecule has 0 radical (unpaired) electrons. The molecule has 3 saturated carbocycles. The van der Waals surface area contributed by atoms with E-state index in [1.54, 1.807) is 5.57 Å². The molecule has 1 heteroatoms. The molecule has 0 aromatic heterocycles. The highest BCUT2D eigenvalue weighted by molar-refractivity contribution is 6.20. The molecule has 0 N–H and O–H groups in total. The Morgan fingerprint density at radius 3 is 2.54 bits per heavy atom. The van der Waals surface area contributed by atoms with E-state index in [0.717, 1.165) is 35.5 Å². The summed E-state index contributed by atoms with van der Waals surface area (Å²) in [4.78, 5) is 0. The van der Waals surface area contributed by atoms with Crippen LogP contribution in [-0.4, -0.2) is 5.38 Å². The third-order valence-corrected chi connectivity index (χ3v) is 10.6. The van der Waals surface area contributed by atoms with Crippen molar-refractivity contribution in [3.63, 3.8) is 0 Å². The first-order valence-electron chi connectivity index (χ1n) is 12.6. The predicted molar refractivity (Wildman–Crippen MR) is 123 cm³/mol. The van der Waals surface area contributed by atoms with Crippen LogP contribution in [0.25, 0.3) is 0 Å². The maximum absolute atomic E-state index is 6.56. The van der Waals surface area contributed by atoms with Crippen LogP contribution in [0.1, 0.15) is 105 Å². The molecule has 0 unspecified atom stereocenters. The molecule has 4 rings (SSSR count). The number of halogens is 1. The van der Waals surface area contributed by atoms with Crippen LogP contribution in [-0.2, 0) is 0 Å². The summed E-state index contributed by atoms with van der Waals surface area (Å²) in [7, 11) is 0. The van der Waals surface area contributed by atoms with Crippen molar-refractivity contribution in [2.75, 3.05) is 0 Å². The van der Waals surface area contributed by atoms with Crippen LogP contribution in [0.5, 0.6) is 0 Å². The predicted octanol–water partition coefficient (Wildman–Crippen LogP) is 8.64. The van der Waals surface area contributed by atoms with Gasteiger partial charge in [-0.1, -0.05) is 65.5 Å². The first kappa shape index (κ1) is 21.3. The molecule has 160 valence electrons. The average molecular weight is 405 g/mol. The summed E-state index contributed by atoms with van der Waals surface area (Å²) in [6, 6.07) is 0. The standard InChI is InChI=1S/C27H45Cl/c1-18(2)7-6-8-19(3)23-11-12-24-22-10-9-20-17-21(28)13-15-26(20,4)25(22)14-16-27(23,24)5/h9,18-19,21-25H,6-8,10-17H2,1-5H3/t19-,21+,22+,23-,24-,25+,26+,27-/m1/s1. The zero-order chi connectivity index (χ0) is 20.1. The maximum atomic E-state index is 6.56. The van der Waals surface area contributed by atoms with Crippen LogP contribution >= 0.6 is 11.6 Å². The number of rotatable bonds is 5. The van der Waals surface area contributed by atoms with Gasteiger partial charge >= 0.3 is 0 Å². The van der Waals surface area contributed by atoms with Crippen LogP contribution in [0.3, 0.4) is 0 Å². The van der Waals surface area contributed by atoms with Crippen molar-refractivity contribution >= 4 is 11.6 Å². The Balaban J connectivity index is 1.49. The fourth-order valence-corrected chi connectivity index (χ4v) is 8.92. The minimum absolute atomic E-state index is 0.396. The number of alkyl halides is 1. The van der Waals surface area contributed by atoms with E-state index in [-0.39, 0.29) is 0 Å². The van der Waals surface area contributed by atoms with Crippen molar-refractivity contribution in [1.29, 1.82) is 0 Å². The smallest absolute Gasteiger partial charge is 0.0373 e. The van der Waals surface area contributed by atoms with E-state index in [1.807, 2.05) is 0 Å². The minimum Gasteiger partial charge on any atom is -0.123 e.